The number of nitrogens with zero attached hydrogens (tertiary/aromatic N) is 5. The van der Waals surface area contributed by atoms with Crippen molar-refractivity contribution in [2.75, 3.05) is 31.1 Å². The van der Waals surface area contributed by atoms with Crippen LogP contribution >= 0.6 is 0 Å². The molecule has 2 aromatic heterocycles. The van der Waals surface area contributed by atoms with Crippen LogP contribution in [0.3, 0.4) is 0 Å². The number of benzene rings is 1. The number of piperazine rings is 1. The molecule has 1 fully saturated rings. The van der Waals surface area contributed by atoms with Crippen molar-refractivity contribution < 1.29 is 21.6 Å². The van der Waals surface area contributed by atoms with Crippen LogP contribution in [0.15, 0.2) is 53.6 Å². The molecule has 1 aromatic carbocycles. The van der Waals surface area contributed by atoms with Gasteiger partial charge in [0.15, 0.2) is 5.82 Å². The average Bonchev–Trinajstić information content (AvgIpc) is 3.08. The largest absolute Gasteiger partial charge is 0.416 e. The first kappa shape index (κ1) is 22.3. The topological polar surface area (TPSA) is 71.3 Å². The molecular weight excluding hydrogens is 443 g/mol. The lowest BCUT2D eigenvalue weighted by Crippen LogP contribution is -2.49. The lowest BCUT2D eigenvalue weighted by atomic mass is 10.2. The summed E-state index contributed by atoms with van der Waals surface area (Å²) < 4.78 is 67.2. The van der Waals surface area contributed by atoms with E-state index in [-0.39, 0.29) is 18.0 Å². The summed E-state index contributed by atoms with van der Waals surface area (Å²) >= 11 is 0. The number of aryl methyl sites for hydroxylation is 1. The Kier molecular flexibility index (Phi) is 5.72. The van der Waals surface area contributed by atoms with Gasteiger partial charge in [-0.3, -0.25) is 0 Å². The first-order valence-electron chi connectivity index (χ1n) is 9.99. The van der Waals surface area contributed by atoms with Gasteiger partial charge in [0.05, 0.1) is 27.5 Å². The van der Waals surface area contributed by atoms with E-state index in [1.807, 2.05) is 32.0 Å². The van der Waals surface area contributed by atoms with Gasteiger partial charge in [0.2, 0.25) is 10.0 Å². The molecule has 0 saturated carbocycles. The van der Waals surface area contributed by atoms with Gasteiger partial charge in [-0.25, -0.2) is 18.1 Å². The summed E-state index contributed by atoms with van der Waals surface area (Å²) in [6.07, 6.45) is -2.82. The van der Waals surface area contributed by atoms with Gasteiger partial charge >= 0.3 is 6.18 Å². The van der Waals surface area contributed by atoms with E-state index in [1.165, 1.54) is 4.31 Å². The van der Waals surface area contributed by atoms with E-state index in [0.29, 0.717) is 18.9 Å². The van der Waals surface area contributed by atoms with Gasteiger partial charge in [-0.2, -0.15) is 22.6 Å². The van der Waals surface area contributed by atoms with Crippen molar-refractivity contribution in [2.24, 2.45) is 0 Å². The van der Waals surface area contributed by atoms with Crippen LogP contribution in [0.25, 0.3) is 5.82 Å². The van der Waals surface area contributed by atoms with Gasteiger partial charge in [-0.1, -0.05) is 6.07 Å². The number of hydrogen-bond acceptors (Lipinski definition) is 5. The molecule has 4 rings (SSSR count). The smallest absolute Gasteiger partial charge is 0.366 e. The van der Waals surface area contributed by atoms with E-state index >= 15 is 0 Å². The third-order valence-electron chi connectivity index (χ3n) is 5.49. The summed E-state index contributed by atoms with van der Waals surface area (Å²) in [6, 6.07) is 9.17. The normalized spacial score (nSPS) is 15.8. The Labute approximate surface area is 184 Å². The number of halogens is 3. The van der Waals surface area contributed by atoms with Crippen LogP contribution < -0.4 is 4.90 Å². The van der Waals surface area contributed by atoms with Crippen molar-refractivity contribution in [1.82, 2.24) is 19.1 Å². The highest BCUT2D eigenvalue weighted by Crippen LogP contribution is 2.31. The molecule has 0 atom stereocenters. The van der Waals surface area contributed by atoms with Crippen LogP contribution in [0.1, 0.15) is 17.0 Å². The predicted octanol–water partition coefficient (Wildman–Crippen LogP) is 3.41. The Balaban J connectivity index is 1.50. The second-order valence-corrected chi connectivity index (χ2v) is 9.47. The number of alkyl halides is 3. The first-order valence-corrected chi connectivity index (χ1v) is 11.4. The zero-order valence-electron chi connectivity index (χ0n) is 17.5. The summed E-state index contributed by atoms with van der Waals surface area (Å²) in [5, 5.41) is 4.59. The SMILES string of the molecule is Cc1nn(-c2ccccn2)c(C)c1N1CCN(S(=O)(=O)c2ccc(C(F)(F)F)cc2)CC1. The Hall–Kier alpha value is -2.92. The highest BCUT2D eigenvalue weighted by molar-refractivity contribution is 7.89. The van der Waals surface area contributed by atoms with E-state index in [2.05, 4.69) is 15.0 Å². The molecule has 0 radical (unpaired) electrons. The van der Waals surface area contributed by atoms with Crippen molar-refractivity contribution in [3.63, 3.8) is 0 Å². The minimum absolute atomic E-state index is 0.144. The first-order chi connectivity index (χ1) is 15.1. The van der Waals surface area contributed by atoms with Crippen molar-refractivity contribution >= 4 is 15.7 Å². The molecule has 3 aromatic rings. The Morgan fingerprint density at radius 2 is 1.59 bits per heavy atom. The van der Waals surface area contributed by atoms with Gasteiger partial charge in [-0.15, -0.1) is 0 Å². The van der Waals surface area contributed by atoms with Crippen LogP contribution in [-0.4, -0.2) is 53.7 Å². The molecule has 0 spiro atoms. The number of pyridine rings is 1. The van der Waals surface area contributed by atoms with E-state index in [4.69, 9.17) is 0 Å². The Morgan fingerprint density at radius 3 is 2.16 bits per heavy atom. The second kappa shape index (κ2) is 8.21. The minimum Gasteiger partial charge on any atom is -0.366 e. The molecule has 1 aliphatic heterocycles. The third-order valence-corrected chi connectivity index (χ3v) is 7.41. The van der Waals surface area contributed by atoms with Crippen LogP contribution in [0.4, 0.5) is 18.9 Å². The van der Waals surface area contributed by atoms with Gasteiger partial charge < -0.3 is 4.90 Å². The fourth-order valence-electron chi connectivity index (χ4n) is 3.91. The summed E-state index contributed by atoms with van der Waals surface area (Å²) in [6.45, 7) is 5.15. The number of rotatable bonds is 4. The number of aromatic nitrogens is 3. The maximum absolute atomic E-state index is 12.9. The molecule has 11 heteroatoms. The third kappa shape index (κ3) is 4.09. The maximum Gasteiger partial charge on any atom is 0.416 e. The molecule has 32 heavy (non-hydrogen) atoms. The predicted molar refractivity (Wildman–Crippen MR) is 113 cm³/mol. The van der Waals surface area contributed by atoms with Crippen molar-refractivity contribution in [3.05, 3.63) is 65.6 Å². The lowest BCUT2D eigenvalue weighted by molar-refractivity contribution is -0.137. The Morgan fingerprint density at radius 1 is 0.938 bits per heavy atom. The number of sulfonamides is 1. The van der Waals surface area contributed by atoms with Gasteiger partial charge in [0, 0.05) is 32.4 Å². The zero-order valence-corrected chi connectivity index (χ0v) is 18.4. The quantitative estimate of drug-likeness (QED) is 0.591. The van der Waals surface area contributed by atoms with Crippen LogP contribution in [-0.2, 0) is 16.2 Å². The summed E-state index contributed by atoms with van der Waals surface area (Å²) in [5.74, 6) is 0.697. The summed E-state index contributed by atoms with van der Waals surface area (Å²) in [4.78, 5) is 6.27. The number of anilines is 1. The molecule has 0 N–H and O–H groups in total. The second-order valence-electron chi connectivity index (χ2n) is 7.53. The monoisotopic (exact) mass is 465 g/mol. The zero-order chi connectivity index (χ0) is 23.1. The fourth-order valence-corrected chi connectivity index (χ4v) is 5.33. The molecule has 0 bridgehead atoms. The lowest BCUT2D eigenvalue weighted by Gasteiger charge is -2.35. The Bertz CT molecular complexity index is 1200. The van der Waals surface area contributed by atoms with Crippen LogP contribution in [0, 0.1) is 13.8 Å². The highest BCUT2D eigenvalue weighted by atomic mass is 32.2. The van der Waals surface area contributed by atoms with Gasteiger partial charge in [0.1, 0.15) is 0 Å². The molecule has 0 aliphatic carbocycles. The fraction of sp³-hybridized carbons (Fsp3) is 0.333. The molecular formula is C21H22F3N5O2S. The average molecular weight is 466 g/mol. The maximum atomic E-state index is 12.9. The van der Waals surface area contributed by atoms with Crippen LogP contribution in [0.2, 0.25) is 0 Å². The van der Waals surface area contributed by atoms with Gasteiger partial charge in [0.25, 0.3) is 0 Å². The van der Waals surface area contributed by atoms with E-state index in [9.17, 15) is 21.6 Å². The molecule has 1 aliphatic rings. The summed E-state index contributed by atoms with van der Waals surface area (Å²) in [5.41, 5.74) is 1.77. The van der Waals surface area contributed by atoms with Crippen molar-refractivity contribution in [1.29, 1.82) is 0 Å². The minimum atomic E-state index is -4.51. The van der Waals surface area contributed by atoms with E-state index in [1.54, 1.807) is 10.9 Å². The summed E-state index contributed by atoms with van der Waals surface area (Å²) in [7, 11) is -3.88. The van der Waals surface area contributed by atoms with Crippen LogP contribution in [0.5, 0.6) is 0 Å². The molecule has 0 unspecified atom stereocenters. The van der Waals surface area contributed by atoms with E-state index < -0.39 is 21.8 Å². The number of hydrogen-bond donors (Lipinski definition) is 0. The molecule has 7 nitrogen and oxygen atoms in total. The van der Waals surface area contributed by atoms with Crippen molar-refractivity contribution in [2.45, 2.75) is 24.9 Å². The van der Waals surface area contributed by atoms with Crippen molar-refractivity contribution in [3.8, 4) is 5.82 Å². The standard InChI is InChI=1S/C21H22F3N5O2S/c1-15-20(16(2)29(26-15)19-5-3-4-10-25-19)27-11-13-28(14-12-27)32(30,31)18-8-6-17(7-9-18)21(22,23)24/h3-10H,11-14H2,1-2H3. The van der Waals surface area contributed by atoms with E-state index in [0.717, 1.165) is 41.3 Å². The highest BCUT2D eigenvalue weighted by Gasteiger charge is 2.33. The molecule has 1 saturated heterocycles. The van der Waals surface area contributed by atoms with Gasteiger partial charge in [-0.05, 0) is 50.2 Å². The molecule has 3 heterocycles. The molecule has 0 amide bonds. The molecule has 170 valence electrons.